The maximum Gasteiger partial charge on any atom is 0.326 e. The third kappa shape index (κ3) is 3.72. The van der Waals surface area contributed by atoms with Gasteiger partial charge < -0.3 is 15.2 Å². The molecule has 1 fully saturated rings. The van der Waals surface area contributed by atoms with Crippen LogP contribution in [-0.4, -0.2) is 35.1 Å². The molecule has 0 unspecified atom stereocenters. The summed E-state index contributed by atoms with van der Waals surface area (Å²) in [5, 5.41) is 22.5. The number of benzene rings is 1. The van der Waals surface area contributed by atoms with E-state index in [1.165, 1.54) is 25.3 Å². The molecule has 118 valence electrons. The van der Waals surface area contributed by atoms with Gasteiger partial charge in [0.2, 0.25) is 5.91 Å². The van der Waals surface area contributed by atoms with Gasteiger partial charge in [0.05, 0.1) is 12.0 Å². The van der Waals surface area contributed by atoms with E-state index in [0.717, 1.165) is 12.8 Å². The first-order chi connectivity index (χ1) is 10.4. The molecule has 2 N–H and O–H groups in total. The molecule has 1 aliphatic rings. The quantitative estimate of drug-likeness (QED) is 0.575. The van der Waals surface area contributed by atoms with Gasteiger partial charge in [0.1, 0.15) is 11.8 Å². The molecule has 2 rings (SSSR count). The van der Waals surface area contributed by atoms with Crippen molar-refractivity contribution in [2.45, 2.75) is 25.3 Å². The van der Waals surface area contributed by atoms with Crippen LogP contribution in [0.25, 0.3) is 0 Å². The van der Waals surface area contributed by atoms with Crippen LogP contribution in [0, 0.1) is 16.0 Å². The second-order valence-electron chi connectivity index (χ2n) is 5.13. The topological polar surface area (TPSA) is 119 Å². The molecule has 1 saturated carbocycles. The number of non-ortho nitro benzene ring substituents is 1. The van der Waals surface area contributed by atoms with Gasteiger partial charge in [-0.15, -0.1) is 0 Å². The zero-order chi connectivity index (χ0) is 16.3. The summed E-state index contributed by atoms with van der Waals surface area (Å²) in [6.07, 6.45) is 1.44. The molecule has 0 radical (unpaired) electrons. The number of rotatable bonds is 7. The van der Waals surface area contributed by atoms with E-state index in [9.17, 15) is 24.8 Å². The van der Waals surface area contributed by atoms with E-state index >= 15 is 0 Å². The van der Waals surface area contributed by atoms with Crippen molar-refractivity contribution in [3.8, 4) is 5.75 Å². The summed E-state index contributed by atoms with van der Waals surface area (Å²) in [6.45, 7) is 0. The third-order valence-corrected chi connectivity index (χ3v) is 3.46. The average Bonchev–Trinajstić information content (AvgIpc) is 3.30. The maximum absolute atomic E-state index is 11.7. The lowest BCUT2D eigenvalue weighted by Crippen LogP contribution is -2.43. The molecule has 0 aliphatic heterocycles. The Balaban J connectivity index is 2.20. The van der Waals surface area contributed by atoms with Gasteiger partial charge in [0.25, 0.3) is 5.69 Å². The van der Waals surface area contributed by atoms with Crippen LogP contribution in [0.2, 0.25) is 0 Å². The van der Waals surface area contributed by atoms with Crippen molar-refractivity contribution in [2.75, 3.05) is 7.11 Å². The fourth-order valence-corrected chi connectivity index (χ4v) is 2.09. The number of aliphatic carboxylic acids is 1. The second-order valence-corrected chi connectivity index (χ2v) is 5.13. The van der Waals surface area contributed by atoms with Crippen molar-refractivity contribution < 1.29 is 24.4 Å². The summed E-state index contributed by atoms with van der Waals surface area (Å²) in [5.74, 6) is -1.26. The highest BCUT2D eigenvalue weighted by atomic mass is 16.6. The molecular formula is C14H16N2O6. The SMILES string of the molecule is COc1ccc([N+](=O)[O-])cc1C[C@@H](NC(=O)C1CC1)C(=O)O. The molecule has 1 aliphatic carbocycles. The van der Waals surface area contributed by atoms with Crippen molar-refractivity contribution >= 4 is 17.6 Å². The van der Waals surface area contributed by atoms with Gasteiger partial charge in [0.15, 0.2) is 0 Å². The molecule has 1 aromatic rings. The van der Waals surface area contributed by atoms with Crippen LogP contribution in [-0.2, 0) is 16.0 Å². The van der Waals surface area contributed by atoms with Gasteiger partial charge in [-0.2, -0.15) is 0 Å². The Morgan fingerprint density at radius 3 is 2.68 bits per heavy atom. The highest BCUT2D eigenvalue weighted by Crippen LogP contribution is 2.29. The number of ether oxygens (including phenoxy) is 1. The monoisotopic (exact) mass is 308 g/mol. The number of nitro groups is 1. The minimum absolute atomic E-state index is 0.0847. The van der Waals surface area contributed by atoms with Gasteiger partial charge in [-0.05, 0) is 18.9 Å². The number of nitrogens with zero attached hydrogens (tertiary/aromatic N) is 1. The molecule has 8 heteroatoms. The van der Waals surface area contributed by atoms with Crippen LogP contribution in [0.15, 0.2) is 18.2 Å². The van der Waals surface area contributed by atoms with E-state index in [-0.39, 0.29) is 23.9 Å². The molecule has 8 nitrogen and oxygen atoms in total. The Morgan fingerprint density at radius 1 is 1.50 bits per heavy atom. The van der Waals surface area contributed by atoms with Crippen molar-refractivity contribution in [1.29, 1.82) is 0 Å². The fraction of sp³-hybridized carbons (Fsp3) is 0.429. The third-order valence-electron chi connectivity index (χ3n) is 3.46. The predicted molar refractivity (Wildman–Crippen MR) is 75.6 cm³/mol. The van der Waals surface area contributed by atoms with Crippen LogP contribution in [0.3, 0.4) is 0 Å². The summed E-state index contributed by atoms with van der Waals surface area (Å²) in [4.78, 5) is 33.3. The van der Waals surface area contributed by atoms with Gasteiger partial charge in [-0.3, -0.25) is 14.9 Å². The lowest BCUT2D eigenvalue weighted by molar-refractivity contribution is -0.384. The average molecular weight is 308 g/mol. The predicted octanol–water partition coefficient (Wildman–Crippen LogP) is 1.13. The van der Waals surface area contributed by atoms with E-state index in [1.54, 1.807) is 0 Å². The molecular weight excluding hydrogens is 292 g/mol. The van der Waals surface area contributed by atoms with Crippen LogP contribution in [0.5, 0.6) is 5.75 Å². The smallest absolute Gasteiger partial charge is 0.326 e. The summed E-state index contributed by atoms with van der Waals surface area (Å²) in [5.41, 5.74) is 0.202. The first-order valence-electron chi connectivity index (χ1n) is 6.77. The Bertz CT molecular complexity index is 611. The van der Waals surface area contributed by atoms with Crippen LogP contribution in [0.1, 0.15) is 18.4 Å². The number of hydrogen-bond acceptors (Lipinski definition) is 5. The Labute approximate surface area is 126 Å². The minimum Gasteiger partial charge on any atom is -0.496 e. The number of carboxylic acids is 1. The Morgan fingerprint density at radius 2 is 2.18 bits per heavy atom. The molecule has 22 heavy (non-hydrogen) atoms. The summed E-state index contributed by atoms with van der Waals surface area (Å²) >= 11 is 0. The van der Waals surface area contributed by atoms with Gasteiger partial charge in [-0.25, -0.2) is 4.79 Å². The van der Waals surface area contributed by atoms with E-state index in [4.69, 9.17) is 4.74 Å². The van der Waals surface area contributed by atoms with Gasteiger partial charge >= 0.3 is 5.97 Å². The van der Waals surface area contributed by atoms with Crippen molar-refractivity contribution in [3.63, 3.8) is 0 Å². The molecule has 1 aromatic carbocycles. The number of carbonyl (C=O) groups excluding carboxylic acids is 1. The van der Waals surface area contributed by atoms with Crippen molar-refractivity contribution in [2.24, 2.45) is 5.92 Å². The van der Waals surface area contributed by atoms with E-state index in [0.29, 0.717) is 11.3 Å². The van der Waals surface area contributed by atoms with Crippen LogP contribution >= 0.6 is 0 Å². The van der Waals surface area contributed by atoms with Crippen LogP contribution in [0.4, 0.5) is 5.69 Å². The zero-order valence-electron chi connectivity index (χ0n) is 11.9. The zero-order valence-corrected chi connectivity index (χ0v) is 11.9. The van der Waals surface area contributed by atoms with E-state index < -0.39 is 16.9 Å². The van der Waals surface area contributed by atoms with Gasteiger partial charge in [0, 0.05) is 30.0 Å². The van der Waals surface area contributed by atoms with E-state index in [1.807, 2.05) is 0 Å². The Kier molecular flexibility index (Phi) is 4.59. The number of amides is 1. The maximum atomic E-state index is 11.7. The molecule has 0 bridgehead atoms. The lowest BCUT2D eigenvalue weighted by atomic mass is 10.0. The highest BCUT2D eigenvalue weighted by Gasteiger charge is 2.33. The number of carboxylic acid groups (broad SMARTS) is 1. The number of carbonyl (C=O) groups is 2. The van der Waals surface area contributed by atoms with E-state index in [2.05, 4.69) is 5.32 Å². The van der Waals surface area contributed by atoms with Crippen LogP contribution < -0.4 is 10.1 Å². The van der Waals surface area contributed by atoms with Gasteiger partial charge in [-0.1, -0.05) is 0 Å². The fourth-order valence-electron chi connectivity index (χ4n) is 2.09. The Hall–Kier alpha value is -2.64. The summed E-state index contributed by atoms with van der Waals surface area (Å²) in [7, 11) is 1.39. The second kappa shape index (κ2) is 6.42. The first kappa shape index (κ1) is 15.7. The number of nitrogens with one attached hydrogen (secondary N) is 1. The largest absolute Gasteiger partial charge is 0.496 e. The number of methoxy groups -OCH3 is 1. The molecule has 0 aromatic heterocycles. The molecule has 1 amide bonds. The molecule has 0 spiro atoms. The molecule has 0 heterocycles. The summed E-state index contributed by atoms with van der Waals surface area (Å²) in [6, 6.07) is 2.80. The first-order valence-corrected chi connectivity index (χ1v) is 6.77. The minimum atomic E-state index is -1.19. The number of hydrogen-bond donors (Lipinski definition) is 2. The van der Waals surface area contributed by atoms with Crippen molar-refractivity contribution in [1.82, 2.24) is 5.32 Å². The van der Waals surface area contributed by atoms with Crippen molar-refractivity contribution in [3.05, 3.63) is 33.9 Å². The molecule has 1 atom stereocenters. The normalized spacial score (nSPS) is 15.0. The lowest BCUT2D eigenvalue weighted by Gasteiger charge is -2.16. The number of nitro benzene ring substituents is 1. The molecule has 0 saturated heterocycles. The summed E-state index contributed by atoms with van der Waals surface area (Å²) < 4.78 is 5.10. The standard InChI is InChI=1S/C14H16N2O6/c1-22-12-5-4-10(16(20)21)6-9(12)7-11(14(18)19)15-13(17)8-2-3-8/h4-6,8,11H,2-3,7H2,1H3,(H,15,17)(H,18,19)/t11-/m1/s1. The highest BCUT2D eigenvalue weighted by molar-refractivity contribution is 5.86.